The zero-order chi connectivity index (χ0) is 14.4. The number of morpholine rings is 1. The summed E-state index contributed by atoms with van der Waals surface area (Å²) < 4.78 is 18.3. The van der Waals surface area contributed by atoms with Crippen LogP contribution in [0.15, 0.2) is 18.2 Å². The van der Waals surface area contributed by atoms with Crippen LogP contribution in [-0.2, 0) is 9.53 Å². The lowest BCUT2D eigenvalue weighted by Crippen LogP contribution is -2.37. The van der Waals surface area contributed by atoms with Crippen LogP contribution < -0.4 is 11.1 Å². The van der Waals surface area contributed by atoms with Gasteiger partial charge in [-0.2, -0.15) is 0 Å². The Morgan fingerprint density at radius 2 is 2.15 bits per heavy atom. The number of anilines is 2. The molecule has 1 aromatic carbocycles. The molecule has 2 rings (SSSR count). The SMILES string of the molecule is Nc1cc(NC(=O)CCCN2CCOCC2)ccc1F. The number of benzene rings is 1. The fraction of sp³-hybridized carbons (Fsp3) is 0.500. The second kappa shape index (κ2) is 7.21. The monoisotopic (exact) mass is 281 g/mol. The Labute approximate surface area is 117 Å². The first-order chi connectivity index (χ1) is 9.65. The average Bonchev–Trinajstić information content (AvgIpc) is 2.44. The molecule has 0 aliphatic carbocycles. The summed E-state index contributed by atoms with van der Waals surface area (Å²) in [7, 11) is 0. The molecule has 6 heteroatoms. The second-order valence-electron chi connectivity index (χ2n) is 4.84. The van der Waals surface area contributed by atoms with Crippen molar-refractivity contribution in [3.8, 4) is 0 Å². The standard InChI is InChI=1S/C14H20FN3O2/c15-12-4-3-11(10-13(12)16)17-14(19)2-1-5-18-6-8-20-9-7-18/h3-4,10H,1-2,5-9,16H2,(H,17,19). The Kier molecular flexibility index (Phi) is 5.31. The second-order valence-corrected chi connectivity index (χ2v) is 4.84. The third-order valence-corrected chi connectivity index (χ3v) is 3.26. The van der Waals surface area contributed by atoms with Crippen LogP contribution in [0, 0.1) is 5.82 Å². The fourth-order valence-corrected chi connectivity index (χ4v) is 2.13. The number of nitrogens with two attached hydrogens (primary N) is 1. The van der Waals surface area contributed by atoms with Crippen molar-refractivity contribution >= 4 is 17.3 Å². The molecule has 1 aliphatic heterocycles. The maximum Gasteiger partial charge on any atom is 0.224 e. The molecule has 0 radical (unpaired) electrons. The van der Waals surface area contributed by atoms with Gasteiger partial charge in [-0.25, -0.2) is 4.39 Å². The molecule has 110 valence electrons. The maximum absolute atomic E-state index is 13.0. The summed E-state index contributed by atoms with van der Waals surface area (Å²) in [6, 6.07) is 4.18. The number of carbonyl (C=O) groups excluding carboxylic acids is 1. The highest BCUT2D eigenvalue weighted by molar-refractivity contribution is 5.91. The number of hydrogen-bond acceptors (Lipinski definition) is 4. The highest BCUT2D eigenvalue weighted by Crippen LogP contribution is 2.16. The van der Waals surface area contributed by atoms with E-state index in [1.54, 1.807) is 0 Å². The van der Waals surface area contributed by atoms with Crippen LogP contribution in [0.4, 0.5) is 15.8 Å². The van der Waals surface area contributed by atoms with Gasteiger partial charge in [0, 0.05) is 25.2 Å². The lowest BCUT2D eigenvalue weighted by Gasteiger charge is -2.26. The van der Waals surface area contributed by atoms with E-state index < -0.39 is 5.82 Å². The van der Waals surface area contributed by atoms with Crippen LogP contribution in [0.5, 0.6) is 0 Å². The molecule has 1 aliphatic rings. The molecule has 1 aromatic rings. The minimum atomic E-state index is -0.477. The fourth-order valence-electron chi connectivity index (χ4n) is 2.13. The molecule has 5 nitrogen and oxygen atoms in total. The van der Waals surface area contributed by atoms with Gasteiger partial charge in [0.25, 0.3) is 0 Å². The largest absolute Gasteiger partial charge is 0.396 e. The molecule has 0 bridgehead atoms. The van der Waals surface area contributed by atoms with E-state index in [-0.39, 0.29) is 11.6 Å². The van der Waals surface area contributed by atoms with Crippen molar-refractivity contribution < 1.29 is 13.9 Å². The van der Waals surface area contributed by atoms with Crippen LogP contribution in [0.2, 0.25) is 0 Å². The van der Waals surface area contributed by atoms with Crippen molar-refractivity contribution in [1.29, 1.82) is 0 Å². The zero-order valence-corrected chi connectivity index (χ0v) is 11.4. The summed E-state index contributed by atoms with van der Waals surface area (Å²) >= 11 is 0. The Bertz CT molecular complexity index is 462. The number of halogens is 1. The number of nitrogen functional groups attached to an aromatic ring is 1. The van der Waals surface area contributed by atoms with E-state index in [9.17, 15) is 9.18 Å². The molecule has 0 saturated carbocycles. The zero-order valence-electron chi connectivity index (χ0n) is 11.4. The van der Waals surface area contributed by atoms with Gasteiger partial charge in [-0.1, -0.05) is 0 Å². The van der Waals surface area contributed by atoms with Gasteiger partial charge >= 0.3 is 0 Å². The van der Waals surface area contributed by atoms with Gasteiger partial charge in [-0.05, 0) is 31.2 Å². The number of hydrogen-bond donors (Lipinski definition) is 2. The van der Waals surface area contributed by atoms with E-state index in [1.807, 2.05) is 0 Å². The van der Waals surface area contributed by atoms with E-state index in [0.29, 0.717) is 12.1 Å². The van der Waals surface area contributed by atoms with Gasteiger partial charge in [0.2, 0.25) is 5.91 Å². The first-order valence-corrected chi connectivity index (χ1v) is 6.80. The summed E-state index contributed by atoms with van der Waals surface area (Å²) in [4.78, 5) is 14.0. The third-order valence-electron chi connectivity index (χ3n) is 3.26. The van der Waals surface area contributed by atoms with Gasteiger partial charge in [0.05, 0.1) is 18.9 Å². The molecule has 0 spiro atoms. The Hall–Kier alpha value is -1.66. The van der Waals surface area contributed by atoms with Crippen molar-refractivity contribution in [3.05, 3.63) is 24.0 Å². The van der Waals surface area contributed by atoms with Gasteiger partial charge in [-0.15, -0.1) is 0 Å². The summed E-state index contributed by atoms with van der Waals surface area (Å²) in [5, 5.41) is 2.72. The maximum atomic E-state index is 13.0. The van der Waals surface area contributed by atoms with Gasteiger partial charge < -0.3 is 15.8 Å². The van der Waals surface area contributed by atoms with Crippen LogP contribution in [0.3, 0.4) is 0 Å². The first kappa shape index (κ1) is 14.7. The molecule has 1 saturated heterocycles. The van der Waals surface area contributed by atoms with Crippen molar-refractivity contribution in [2.45, 2.75) is 12.8 Å². The molecule has 1 fully saturated rings. The number of nitrogens with one attached hydrogen (secondary N) is 1. The summed E-state index contributed by atoms with van der Waals surface area (Å²) in [5.41, 5.74) is 6.02. The highest BCUT2D eigenvalue weighted by atomic mass is 19.1. The van der Waals surface area contributed by atoms with E-state index in [1.165, 1.54) is 18.2 Å². The third kappa shape index (κ3) is 4.47. The number of nitrogens with zero attached hydrogens (tertiary/aromatic N) is 1. The summed E-state index contributed by atoms with van der Waals surface area (Å²) in [6.07, 6.45) is 1.23. The van der Waals surface area contributed by atoms with Crippen molar-refractivity contribution in [2.75, 3.05) is 43.9 Å². The van der Waals surface area contributed by atoms with E-state index in [0.717, 1.165) is 39.3 Å². The average molecular weight is 281 g/mol. The number of rotatable bonds is 5. The molecule has 0 unspecified atom stereocenters. The smallest absolute Gasteiger partial charge is 0.224 e. The minimum Gasteiger partial charge on any atom is -0.396 e. The van der Waals surface area contributed by atoms with Gasteiger partial charge in [-0.3, -0.25) is 9.69 Å². The number of ether oxygens (including phenoxy) is 1. The number of carbonyl (C=O) groups is 1. The minimum absolute atomic E-state index is 0.0381. The van der Waals surface area contributed by atoms with Crippen molar-refractivity contribution in [3.63, 3.8) is 0 Å². The molecule has 1 heterocycles. The highest BCUT2D eigenvalue weighted by Gasteiger charge is 2.11. The molecule has 0 atom stereocenters. The summed E-state index contributed by atoms with van der Waals surface area (Å²) in [6.45, 7) is 4.27. The van der Waals surface area contributed by atoms with Gasteiger partial charge in [0.15, 0.2) is 0 Å². The molecule has 0 aromatic heterocycles. The normalized spacial score (nSPS) is 16.1. The quantitative estimate of drug-likeness (QED) is 0.802. The van der Waals surface area contributed by atoms with E-state index in [2.05, 4.69) is 10.2 Å². The van der Waals surface area contributed by atoms with E-state index >= 15 is 0 Å². The lowest BCUT2D eigenvalue weighted by molar-refractivity contribution is -0.116. The van der Waals surface area contributed by atoms with Crippen LogP contribution >= 0.6 is 0 Å². The molecule has 20 heavy (non-hydrogen) atoms. The Morgan fingerprint density at radius 1 is 1.40 bits per heavy atom. The molecule has 3 N–H and O–H groups in total. The van der Waals surface area contributed by atoms with Crippen LogP contribution in [-0.4, -0.2) is 43.7 Å². The van der Waals surface area contributed by atoms with E-state index in [4.69, 9.17) is 10.5 Å². The Balaban J connectivity index is 1.70. The molecule has 1 amide bonds. The molecular formula is C14H20FN3O2. The van der Waals surface area contributed by atoms with Crippen molar-refractivity contribution in [2.24, 2.45) is 0 Å². The van der Waals surface area contributed by atoms with Crippen LogP contribution in [0.1, 0.15) is 12.8 Å². The molecular weight excluding hydrogens is 261 g/mol. The predicted molar refractivity (Wildman–Crippen MR) is 75.9 cm³/mol. The summed E-state index contributed by atoms with van der Waals surface area (Å²) in [5.74, 6) is -0.556. The van der Waals surface area contributed by atoms with Gasteiger partial charge in [0.1, 0.15) is 5.82 Å². The van der Waals surface area contributed by atoms with Crippen molar-refractivity contribution in [1.82, 2.24) is 4.90 Å². The Morgan fingerprint density at radius 3 is 2.85 bits per heavy atom. The first-order valence-electron chi connectivity index (χ1n) is 6.80. The topological polar surface area (TPSA) is 67.6 Å². The number of amides is 1. The predicted octanol–water partition coefficient (Wildman–Crippen LogP) is 1.46. The lowest BCUT2D eigenvalue weighted by atomic mass is 10.2. The van der Waals surface area contributed by atoms with Crippen LogP contribution in [0.25, 0.3) is 0 Å².